The summed E-state index contributed by atoms with van der Waals surface area (Å²) in [6, 6.07) is 3.75. The molecule has 1 amide bonds. The average molecular weight is 474 g/mol. The van der Waals surface area contributed by atoms with Crippen LogP contribution in [0.3, 0.4) is 0 Å². The summed E-state index contributed by atoms with van der Waals surface area (Å²) in [5.74, 6) is 1.29. The highest BCUT2D eigenvalue weighted by atomic mass is 19.3. The molecule has 5 rings (SSSR count). The van der Waals surface area contributed by atoms with E-state index < -0.39 is 13.0 Å². The van der Waals surface area contributed by atoms with Crippen molar-refractivity contribution in [3.8, 4) is 11.6 Å². The van der Waals surface area contributed by atoms with Crippen molar-refractivity contribution in [3.63, 3.8) is 0 Å². The van der Waals surface area contributed by atoms with Crippen LogP contribution in [0.4, 0.5) is 8.78 Å². The van der Waals surface area contributed by atoms with Gasteiger partial charge in [0, 0.05) is 17.8 Å². The van der Waals surface area contributed by atoms with E-state index in [1.54, 1.807) is 12.1 Å². The molecule has 3 aromatic heterocycles. The number of nitrogens with zero attached hydrogens (tertiary/aromatic N) is 4. The highest BCUT2D eigenvalue weighted by Crippen LogP contribution is 2.38. The molecule has 0 aliphatic heterocycles. The first-order valence-electron chi connectivity index (χ1n) is 11.8. The second-order valence-corrected chi connectivity index (χ2v) is 9.47. The summed E-state index contributed by atoms with van der Waals surface area (Å²) >= 11 is 0. The van der Waals surface area contributed by atoms with Crippen molar-refractivity contribution >= 4 is 11.4 Å². The number of rotatable bonds is 10. The first-order chi connectivity index (χ1) is 16.4. The van der Waals surface area contributed by atoms with Crippen molar-refractivity contribution in [3.05, 3.63) is 41.9 Å². The van der Waals surface area contributed by atoms with E-state index in [4.69, 9.17) is 9.47 Å². The molecule has 0 spiro atoms. The molecule has 182 valence electrons. The lowest BCUT2D eigenvalue weighted by Crippen LogP contribution is -2.40. The standard InChI is InChI=1S/C24H29F2N5O3/c1-14-11-30(17-3-4-17)29-24(14)34-19-8-16(9-19)7-15(2)28-23(32)20-10-27-31-12-18(5-6-21(20)31)33-13-22(25)26/h5-6,10-12,15-17,19,22H,3-4,7-9,13H2,1-2H3,(H,28,32)/t15-,16?,19?/m0/s1. The molecule has 10 heteroatoms. The van der Waals surface area contributed by atoms with Crippen LogP contribution in [0.25, 0.3) is 5.52 Å². The summed E-state index contributed by atoms with van der Waals surface area (Å²) in [5.41, 5.74) is 2.10. The first-order valence-corrected chi connectivity index (χ1v) is 11.8. The van der Waals surface area contributed by atoms with Crippen LogP contribution in [-0.2, 0) is 0 Å². The number of pyridine rings is 1. The van der Waals surface area contributed by atoms with E-state index >= 15 is 0 Å². The molecule has 2 aliphatic carbocycles. The normalized spacial score (nSPS) is 20.9. The number of alkyl halides is 2. The summed E-state index contributed by atoms with van der Waals surface area (Å²) in [6.45, 7) is 3.34. The Kier molecular flexibility index (Phi) is 6.14. The first kappa shape index (κ1) is 22.6. The lowest BCUT2D eigenvalue weighted by molar-refractivity contribution is 0.0507. The minimum absolute atomic E-state index is 0.00198. The Labute approximate surface area is 196 Å². The van der Waals surface area contributed by atoms with Gasteiger partial charge in [0.15, 0.2) is 0 Å². The molecular weight excluding hydrogens is 444 g/mol. The summed E-state index contributed by atoms with van der Waals surface area (Å²) < 4.78 is 39.3. The number of hydrogen-bond donors (Lipinski definition) is 1. The number of hydrogen-bond acceptors (Lipinski definition) is 5. The monoisotopic (exact) mass is 473 g/mol. The van der Waals surface area contributed by atoms with Gasteiger partial charge in [-0.15, -0.1) is 5.10 Å². The second-order valence-electron chi connectivity index (χ2n) is 9.47. The van der Waals surface area contributed by atoms with Crippen molar-refractivity contribution in [2.75, 3.05) is 6.61 Å². The maximum Gasteiger partial charge on any atom is 0.272 e. The molecule has 3 heterocycles. The molecule has 2 saturated carbocycles. The maximum atomic E-state index is 12.8. The number of aromatic nitrogens is 4. The van der Waals surface area contributed by atoms with Crippen LogP contribution in [0.1, 0.15) is 61.0 Å². The van der Waals surface area contributed by atoms with Crippen LogP contribution in [0.5, 0.6) is 11.6 Å². The van der Waals surface area contributed by atoms with Gasteiger partial charge in [0.1, 0.15) is 18.5 Å². The zero-order valence-corrected chi connectivity index (χ0v) is 19.3. The molecule has 1 atom stereocenters. The molecule has 1 N–H and O–H groups in total. The van der Waals surface area contributed by atoms with Gasteiger partial charge in [-0.1, -0.05) is 0 Å². The molecule has 34 heavy (non-hydrogen) atoms. The predicted octanol–water partition coefficient (Wildman–Crippen LogP) is 4.18. The van der Waals surface area contributed by atoms with Crippen LogP contribution in [-0.4, -0.2) is 50.5 Å². The van der Waals surface area contributed by atoms with E-state index in [-0.39, 0.29) is 23.8 Å². The summed E-state index contributed by atoms with van der Waals surface area (Å²) in [5, 5.41) is 11.8. The third kappa shape index (κ3) is 5.00. The Morgan fingerprint density at radius 3 is 2.79 bits per heavy atom. The van der Waals surface area contributed by atoms with Crippen LogP contribution >= 0.6 is 0 Å². The number of carbonyl (C=O) groups is 1. The van der Waals surface area contributed by atoms with Crippen molar-refractivity contribution in [1.82, 2.24) is 24.7 Å². The van der Waals surface area contributed by atoms with Gasteiger partial charge in [-0.3, -0.25) is 9.48 Å². The third-order valence-corrected chi connectivity index (χ3v) is 6.44. The highest BCUT2D eigenvalue weighted by Gasteiger charge is 2.34. The summed E-state index contributed by atoms with van der Waals surface area (Å²) in [7, 11) is 0. The largest absolute Gasteiger partial charge is 0.486 e. The molecule has 3 aromatic rings. The van der Waals surface area contributed by atoms with Gasteiger partial charge in [0.25, 0.3) is 12.3 Å². The fourth-order valence-corrected chi connectivity index (χ4v) is 4.48. The molecule has 0 radical (unpaired) electrons. The van der Waals surface area contributed by atoms with Crippen LogP contribution in [0.2, 0.25) is 0 Å². The quantitative estimate of drug-likeness (QED) is 0.478. The van der Waals surface area contributed by atoms with E-state index in [1.807, 2.05) is 18.5 Å². The molecule has 0 unspecified atom stereocenters. The Hall–Kier alpha value is -3.17. The van der Waals surface area contributed by atoms with Crippen molar-refractivity contribution in [2.45, 2.75) is 70.6 Å². The Morgan fingerprint density at radius 1 is 1.26 bits per heavy atom. The fourth-order valence-electron chi connectivity index (χ4n) is 4.48. The SMILES string of the molecule is Cc1cn(C2CC2)nc1OC1CC(C[C@H](C)NC(=O)c2cnn3cc(OCC(F)F)ccc23)C1. The number of nitrogens with one attached hydrogen (secondary N) is 1. The van der Waals surface area contributed by atoms with E-state index in [1.165, 1.54) is 29.8 Å². The van der Waals surface area contributed by atoms with Gasteiger partial charge in [0.2, 0.25) is 5.88 Å². The molecule has 0 bridgehead atoms. The molecular formula is C24H29F2N5O3. The minimum Gasteiger partial charge on any atom is -0.486 e. The minimum atomic E-state index is -2.55. The predicted molar refractivity (Wildman–Crippen MR) is 121 cm³/mol. The Morgan fingerprint density at radius 2 is 2.06 bits per heavy atom. The van der Waals surface area contributed by atoms with Crippen LogP contribution in [0.15, 0.2) is 30.7 Å². The van der Waals surface area contributed by atoms with Crippen molar-refractivity contribution in [1.29, 1.82) is 0 Å². The third-order valence-electron chi connectivity index (χ3n) is 6.44. The highest BCUT2D eigenvalue weighted by molar-refractivity contribution is 6.00. The number of fused-ring (bicyclic) bond motifs is 1. The topological polar surface area (TPSA) is 82.7 Å². The number of aryl methyl sites for hydroxylation is 1. The van der Waals surface area contributed by atoms with Crippen molar-refractivity contribution in [2.24, 2.45) is 5.92 Å². The number of carbonyl (C=O) groups excluding carboxylic acids is 1. The van der Waals surface area contributed by atoms with Gasteiger partial charge in [-0.2, -0.15) is 5.10 Å². The molecule has 2 aliphatic rings. The zero-order chi connectivity index (χ0) is 23.8. The van der Waals surface area contributed by atoms with E-state index in [0.717, 1.165) is 30.7 Å². The van der Waals surface area contributed by atoms with E-state index in [2.05, 4.69) is 21.7 Å². The van der Waals surface area contributed by atoms with Gasteiger partial charge < -0.3 is 14.8 Å². The lowest BCUT2D eigenvalue weighted by Gasteiger charge is -2.36. The fraction of sp³-hybridized carbons (Fsp3) is 0.542. The molecule has 0 saturated heterocycles. The van der Waals surface area contributed by atoms with Gasteiger partial charge in [0.05, 0.1) is 29.5 Å². The van der Waals surface area contributed by atoms with E-state index in [9.17, 15) is 13.6 Å². The summed E-state index contributed by atoms with van der Waals surface area (Å²) in [4.78, 5) is 12.8. The number of halogens is 2. The number of amides is 1. The van der Waals surface area contributed by atoms with Gasteiger partial charge in [-0.05, 0) is 64.0 Å². The Balaban J connectivity index is 1.09. The zero-order valence-electron chi connectivity index (χ0n) is 19.3. The Bertz CT molecular complexity index is 1170. The maximum absolute atomic E-state index is 12.8. The molecule has 2 fully saturated rings. The lowest BCUT2D eigenvalue weighted by atomic mass is 9.78. The van der Waals surface area contributed by atoms with Gasteiger partial charge in [-0.25, -0.2) is 13.3 Å². The van der Waals surface area contributed by atoms with Gasteiger partial charge >= 0.3 is 0 Å². The smallest absolute Gasteiger partial charge is 0.272 e. The molecule has 8 nitrogen and oxygen atoms in total. The van der Waals surface area contributed by atoms with Crippen molar-refractivity contribution < 1.29 is 23.0 Å². The molecule has 0 aromatic carbocycles. The second kappa shape index (κ2) is 9.23. The van der Waals surface area contributed by atoms with Crippen LogP contribution in [0, 0.1) is 12.8 Å². The summed E-state index contributed by atoms with van der Waals surface area (Å²) in [6.07, 6.45) is 7.82. The van der Waals surface area contributed by atoms with E-state index in [0.29, 0.717) is 23.0 Å². The number of ether oxygens (including phenoxy) is 2. The average Bonchev–Trinajstić information content (AvgIpc) is 3.43. The van der Waals surface area contributed by atoms with Crippen LogP contribution < -0.4 is 14.8 Å².